The molecule has 0 saturated heterocycles. The summed E-state index contributed by atoms with van der Waals surface area (Å²) in [6.07, 6.45) is 0.925. The molecule has 2 heterocycles. The van der Waals surface area contributed by atoms with Gasteiger partial charge in [0.2, 0.25) is 0 Å². The van der Waals surface area contributed by atoms with Crippen molar-refractivity contribution in [1.29, 1.82) is 0 Å². The highest BCUT2D eigenvalue weighted by Crippen LogP contribution is 2.34. The van der Waals surface area contributed by atoms with E-state index in [2.05, 4.69) is 43.2 Å². The molecule has 0 radical (unpaired) electrons. The summed E-state index contributed by atoms with van der Waals surface area (Å²) in [5.41, 5.74) is 1.04. The maximum atomic E-state index is 5.69. The average Bonchev–Trinajstić information content (AvgIpc) is 2.66. The van der Waals surface area contributed by atoms with E-state index >= 15 is 0 Å². The monoisotopic (exact) mass is 417 g/mol. The Hall–Kier alpha value is -0.720. The van der Waals surface area contributed by atoms with Gasteiger partial charge in [0.05, 0.1) is 17.0 Å². The van der Waals surface area contributed by atoms with Crippen molar-refractivity contribution in [3.8, 4) is 11.5 Å². The molecule has 6 heteroatoms. The van der Waals surface area contributed by atoms with Gasteiger partial charge in [-0.25, -0.2) is 0 Å². The molecular weight excluding hydrogens is 406 g/mol. The fourth-order valence-corrected chi connectivity index (χ4v) is 4.06. The third-order valence-corrected chi connectivity index (χ3v) is 6.17. The summed E-state index contributed by atoms with van der Waals surface area (Å²) >= 11 is 8.72. The van der Waals surface area contributed by atoms with E-state index in [0.29, 0.717) is 6.61 Å². The van der Waals surface area contributed by atoms with Crippen LogP contribution in [0, 0.1) is 0 Å². The maximum absolute atomic E-state index is 5.69. The van der Waals surface area contributed by atoms with Gasteiger partial charge >= 0.3 is 0 Å². The third kappa shape index (κ3) is 3.30. The van der Waals surface area contributed by atoms with Crippen molar-refractivity contribution in [1.82, 2.24) is 0 Å². The molecule has 0 amide bonds. The fraction of sp³-hybridized carbons (Fsp3) is 0.286. The van der Waals surface area contributed by atoms with Crippen LogP contribution in [-0.4, -0.2) is 13.2 Å². The summed E-state index contributed by atoms with van der Waals surface area (Å²) in [6, 6.07) is 8.09. The van der Waals surface area contributed by atoms with E-state index in [-0.39, 0.29) is 0 Å². The Morgan fingerprint density at radius 1 is 1.10 bits per heavy atom. The van der Waals surface area contributed by atoms with E-state index < -0.39 is 0 Å². The Morgan fingerprint density at radius 3 is 2.65 bits per heavy atom. The molecule has 0 unspecified atom stereocenters. The summed E-state index contributed by atoms with van der Waals surface area (Å²) in [5.74, 6) is 1.65. The number of ether oxygens (including phenoxy) is 2. The van der Waals surface area contributed by atoms with Gasteiger partial charge in [0.25, 0.3) is 0 Å². The van der Waals surface area contributed by atoms with Crippen LogP contribution >= 0.6 is 43.2 Å². The summed E-state index contributed by atoms with van der Waals surface area (Å²) in [5, 5.41) is 3.41. The number of fused-ring (bicyclic) bond motifs is 1. The van der Waals surface area contributed by atoms with E-state index in [0.717, 1.165) is 45.0 Å². The first kappa shape index (κ1) is 14.2. The first-order valence-corrected chi connectivity index (χ1v) is 8.70. The molecule has 1 aromatic carbocycles. The largest absolute Gasteiger partial charge is 0.490 e. The molecule has 0 spiro atoms. The number of rotatable bonds is 3. The average molecular weight is 419 g/mol. The Bertz CT molecular complexity index is 596. The molecule has 106 valence electrons. The molecule has 3 rings (SSSR count). The Labute approximate surface area is 138 Å². The molecule has 2 aromatic rings. The Kier molecular flexibility index (Phi) is 4.53. The van der Waals surface area contributed by atoms with Crippen molar-refractivity contribution in [2.75, 3.05) is 18.5 Å². The van der Waals surface area contributed by atoms with Gasteiger partial charge in [-0.2, -0.15) is 0 Å². The van der Waals surface area contributed by atoms with E-state index in [9.17, 15) is 0 Å². The number of hydrogen-bond acceptors (Lipinski definition) is 4. The molecule has 0 fully saturated rings. The van der Waals surface area contributed by atoms with Crippen LogP contribution in [0.15, 0.2) is 32.5 Å². The second-order valence-electron chi connectivity index (χ2n) is 4.40. The zero-order chi connectivity index (χ0) is 13.9. The molecule has 3 nitrogen and oxygen atoms in total. The molecule has 1 aliphatic rings. The summed E-state index contributed by atoms with van der Waals surface area (Å²) < 4.78 is 13.5. The van der Waals surface area contributed by atoms with Gasteiger partial charge in [-0.3, -0.25) is 0 Å². The minimum Gasteiger partial charge on any atom is -0.490 e. The van der Waals surface area contributed by atoms with E-state index in [1.807, 2.05) is 18.2 Å². The van der Waals surface area contributed by atoms with Crippen LogP contribution in [0.5, 0.6) is 11.5 Å². The zero-order valence-corrected chi connectivity index (χ0v) is 14.6. The number of nitrogens with one attached hydrogen (secondary N) is 1. The van der Waals surface area contributed by atoms with Crippen LogP contribution in [0.25, 0.3) is 0 Å². The Morgan fingerprint density at radius 2 is 1.90 bits per heavy atom. The molecule has 20 heavy (non-hydrogen) atoms. The number of anilines is 1. The van der Waals surface area contributed by atoms with Crippen LogP contribution in [-0.2, 0) is 6.54 Å². The van der Waals surface area contributed by atoms with Gasteiger partial charge < -0.3 is 14.8 Å². The molecule has 0 saturated carbocycles. The van der Waals surface area contributed by atoms with E-state index in [4.69, 9.17) is 9.47 Å². The van der Waals surface area contributed by atoms with Gasteiger partial charge in [0.1, 0.15) is 0 Å². The molecular formula is C14H13Br2NO2S. The van der Waals surface area contributed by atoms with Crippen molar-refractivity contribution in [3.63, 3.8) is 0 Å². The fourth-order valence-electron chi connectivity index (χ4n) is 1.94. The predicted octanol–water partition coefficient (Wildman–Crippen LogP) is 5.05. The van der Waals surface area contributed by atoms with E-state index in [1.54, 1.807) is 11.3 Å². The normalized spacial score (nSPS) is 13.9. The number of hydrogen-bond donors (Lipinski definition) is 1. The molecule has 0 bridgehead atoms. The topological polar surface area (TPSA) is 30.5 Å². The Balaban J connectivity index is 1.70. The highest BCUT2D eigenvalue weighted by molar-refractivity contribution is 9.13. The lowest BCUT2D eigenvalue weighted by molar-refractivity contribution is 0.297. The van der Waals surface area contributed by atoms with Gasteiger partial charge in [0, 0.05) is 34.1 Å². The molecule has 1 aromatic heterocycles. The zero-order valence-electron chi connectivity index (χ0n) is 10.6. The molecule has 1 aliphatic heterocycles. The van der Waals surface area contributed by atoms with Gasteiger partial charge in [-0.1, -0.05) is 0 Å². The third-order valence-electron chi connectivity index (χ3n) is 2.91. The quantitative estimate of drug-likeness (QED) is 0.756. The van der Waals surface area contributed by atoms with Crippen molar-refractivity contribution in [3.05, 3.63) is 37.4 Å². The van der Waals surface area contributed by atoms with Crippen molar-refractivity contribution >= 4 is 48.9 Å². The molecule has 0 atom stereocenters. The van der Waals surface area contributed by atoms with E-state index in [1.165, 1.54) is 4.88 Å². The van der Waals surface area contributed by atoms with Crippen molar-refractivity contribution < 1.29 is 9.47 Å². The van der Waals surface area contributed by atoms with Crippen LogP contribution < -0.4 is 14.8 Å². The number of halogens is 2. The SMILES string of the molecule is Brc1cc(CNc2ccc3c(c2)OCCCO3)sc1Br. The maximum Gasteiger partial charge on any atom is 0.163 e. The summed E-state index contributed by atoms with van der Waals surface area (Å²) in [6.45, 7) is 2.22. The second-order valence-corrected chi connectivity index (χ2v) is 7.71. The highest BCUT2D eigenvalue weighted by atomic mass is 79.9. The van der Waals surface area contributed by atoms with Crippen molar-refractivity contribution in [2.24, 2.45) is 0 Å². The minimum atomic E-state index is 0.710. The highest BCUT2D eigenvalue weighted by Gasteiger charge is 2.11. The van der Waals surface area contributed by atoms with Gasteiger partial charge in [0.15, 0.2) is 11.5 Å². The van der Waals surface area contributed by atoms with Crippen LogP contribution in [0.3, 0.4) is 0 Å². The van der Waals surface area contributed by atoms with Crippen molar-refractivity contribution in [2.45, 2.75) is 13.0 Å². The molecule has 1 N–H and O–H groups in total. The number of thiophene rings is 1. The van der Waals surface area contributed by atoms with Crippen LogP contribution in [0.2, 0.25) is 0 Å². The lowest BCUT2D eigenvalue weighted by Crippen LogP contribution is -1.99. The molecule has 0 aliphatic carbocycles. The van der Waals surface area contributed by atoms with Crippen LogP contribution in [0.1, 0.15) is 11.3 Å². The summed E-state index contributed by atoms with van der Waals surface area (Å²) in [7, 11) is 0. The standard InChI is InChI=1S/C14H13Br2NO2S/c15-11-7-10(20-14(11)16)8-17-9-2-3-12-13(6-9)19-5-1-4-18-12/h2-3,6-7,17H,1,4-5,8H2. The lowest BCUT2D eigenvalue weighted by atomic mass is 10.2. The van der Waals surface area contributed by atoms with Gasteiger partial charge in [-0.15, -0.1) is 11.3 Å². The first-order valence-electron chi connectivity index (χ1n) is 6.29. The predicted molar refractivity (Wildman–Crippen MR) is 89.1 cm³/mol. The minimum absolute atomic E-state index is 0.710. The summed E-state index contributed by atoms with van der Waals surface area (Å²) in [4.78, 5) is 1.26. The second kappa shape index (κ2) is 6.37. The first-order chi connectivity index (χ1) is 9.72. The van der Waals surface area contributed by atoms with Gasteiger partial charge in [-0.05, 0) is 50.1 Å². The number of benzene rings is 1. The van der Waals surface area contributed by atoms with Crippen LogP contribution in [0.4, 0.5) is 5.69 Å². The smallest absolute Gasteiger partial charge is 0.163 e. The lowest BCUT2D eigenvalue weighted by Gasteiger charge is -2.10.